The fourth-order valence-corrected chi connectivity index (χ4v) is 7.24. The van der Waals surface area contributed by atoms with Gasteiger partial charge in [-0.05, 0) is 70.3 Å². The van der Waals surface area contributed by atoms with Crippen LogP contribution in [0.2, 0.25) is 0 Å². The van der Waals surface area contributed by atoms with Crippen LogP contribution in [0.25, 0.3) is 75.5 Å². The van der Waals surface area contributed by atoms with Crippen LogP contribution in [0, 0.1) is 22.7 Å². The van der Waals surface area contributed by atoms with Gasteiger partial charge in [-0.3, -0.25) is 0 Å². The van der Waals surface area contributed by atoms with Crippen molar-refractivity contribution < 1.29 is 4.42 Å². The number of rotatable bonds is 3. The third kappa shape index (κ3) is 3.71. The zero-order valence-electron chi connectivity index (χ0n) is 22.3. The molecule has 8 rings (SSSR count). The number of hydrogen-bond donors (Lipinski definition) is 0. The first-order valence-corrected chi connectivity index (χ1v) is 14.4. The average Bonchev–Trinajstić information content (AvgIpc) is 3.63. The zero-order valence-corrected chi connectivity index (χ0v) is 23.1. The Balaban J connectivity index is 1.44. The van der Waals surface area contributed by atoms with Gasteiger partial charge in [0.15, 0.2) is 0 Å². The lowest BCUT2D eigenvalue weighted by Crippen LogP contribution is -1.90. The topological polar surface area (TPSA) is 60.7 Å². The Morgan fingerprint density at radius 3 is 2.00 bits per heavy atom. The van der Waals surface area contributed by atoms with Crippen molar-refractivity contribution in [3.05, 3.63) is 132 Å². The van der Waals surface area contributed by atoms with Crippen LogP contribution < -0.4 is 0 Å². The average molecular weight is 553 g/mol. The standard InChI is InChI=1S/C38H20N2OS/c39-21-23-15-16-28(27(17-23)22-40)24-18-25(29-9-5-11-33-31-7-1-3-13-35(31)41-37(29)33)20-26(19-24)30-10-6-12-34-32-8-2-4-14-36(32)42-38(30)34/h1-20H. The van der Waals surface area contributed by atoms with Crippen molar-refractivity contribution in [2.24, 2.45) is 0 Å². The molecule has 3 nitrogen and oxygen atoms in total. The van der Waals surface area contributed by atoms with E-state index < -0.39 is 0 Å². The van der Waals surface area contributed by atoms with E-state index in [0.29, 0.717) is 11.1 Å². The number of nitrogens with zero attached hydrogens (tertiary/aromatic N) is 2. The monoisotopic (exact) mass is 552 g/mol. The van der Waals surface area contributed by atoms with Crippen LogP contribution in [0.15, 0.2) is 126 Å². The molecular weight excluding hydrogens is 532 g/mol. The number of nitriles is 2. The number of hydrogen-bond acceptors (Lipinski definition) is 4. The first-order valence-electron chi connectivity index (χ1n) is 13.6. The van der Waals surface area contributed by atoms with E-state index in [1.165, 1.54) is 20.2 Å². The molecule has 0 bridgehead atoms. The van der Waals surface area contributed by atoms with Gasteiger partial charge in [0.25, 0.3) is 0 Å². The summed E-state index contributed by atoms with van der Waals surface area (Å²) in [6.07, 6.45) is 0. The molecule has 0 spiro atoms. The highest BCUT2D eigenvalue weighted by Crippen LogP contribution is 2.43. The molecule has 0 aliphatic rings. The molecule has 0 aliphatic carbocycles. The van der Waals surface area contributed by atoms with E-state index in [1.807, 2.05) is 24.3 Å². The largest absolute Gasteiger partial charge is 0.455 e. The van der Waals surface area contributed by atoms with Gasteiger partial charge in [0.1, 0.15) is 11.2 Å². The molecule has 4 heteroatoms. The molecular formula is C38H20N2OS. The Labute approximate surface area is 245 Å². The molecule has 0 unspecified atom stereocenters. The fraction of sp³-hybridized carbons (Fsp3) is 0. The smallest absolute Gasteiger partial charge is 0.143 e. The maximum Gasteiger partial charge on any atom is 0.143 e. The molecule has 2 aromatic heterocycles. The summed E-state index contributed by atoms with van der Waals surface area (Å²) in [4.78, 5) is 0. The number of thiophene rings is 1. The molecule has 0 amide bonds. The zero-order chi connectivity index (χ0) is 28.2. The summed E-state index contributed by atoms with van der Waals surface area (Å²) in [7, 11) is 0. The molecule has 2 heterocycles. The molecule has 0 atom stereocenters. The minimum Gasteiger partial charge on any atom is -0.455 e. The third-order valence-corrected chi connectivity index (χ3v) is 9.16. The fourth-order valence-electron chi connectivity index (χ4n) is 6.00. The van der Waals surface area contributed by atoms with Gasteiger partial charge in [-0.1, -0.05) is 78.9 Å². The van der Waals surface area contributed by atoms with Crippen LogP contribution >= 0.6 is 11.3 Å². The summed E-state index contributed by atoms with van der Waals surface area (Å²) >= 11 is 1.80. The maximum atomic E-state index is 10.0. The van der Waals surface area contributed by atoms with Crippen molar-refractivity contribution >= 4 is 53.4 Å². The van der Waals surface area contributed by atoms with Crippen LogP contribution in [0.3, 0.4) is 0 Å². The predicted octanol–water partition coefficient (Wildman–Crippen LogP) is 10.7. The van der Waals surface area contributed by atoms with Crippen LogP contribution in [0.5, 0.6) is 0 Å². The first kappa shape index (κ1) is 24.1. The molecule has 42 heavy (non-hydrogen) atoms. The Kier molecular flexibility index (Phi) is 5.44. The lowest BCUT2D eigenvalue weighted by Gasteiger charge is -2.13. The van der Waals surface area contributed by atoms with E-state index in [0.717, 1.165) is 55.3 Å². The molecule has 0 saturated carbocycles. The van der Waals surface area contributed by atoms with Crippen molar-refractivity contribution in [1.82, 2.24) is 0 Å². The van der Waals surface area contributed by atoms with Gasteiger partial charge in [-0.15, -0.1) is 11.3 Å². The van der Waals surface area contributed by atoms with E-state index in [2.05, 4.69) is 97.1 Å². The van der Waals surface area contributed by atoms with Crippen LogP contribution in [-0.4, -0.2) is 0 Å². The van der Waals surface area contributed by atoms with E-state index in [1.54, 1.807) is 23.5 Å². The molecule has 0 aliphatic heterocycles. The molecule has 0 radical (unpaired) electrons. The van der Waals surface area contributed by atoms with Crippen molar-refractivity contribution in [1.29, 1.82) is 10.5 Å². The van der Waals surface area contributed by atoms with Crippen LogP contribution in [0.4, 0.5) is 0 Å². The Morgan fingerprint density at radius 1 is 0.524 bits per heavy atom. The van der Waals surface area contributed by atoms with Gasteiger partial charge >= 0.3 is 0 Å². The van der Waals surface area contributed by atoms with Gasteiger partial charge in [-0.25, -0.2) is 0 Å². The summed E-state index contributed by atoms with van der Waals surface area (Å²) < 4.78 is 8.91. The second-order valence-corrected chi connectivity index (χ2v) is 11.4. The molecule has 8 aromatic rings. The Bertz CT molecular complexity index is 2320. The molecule has 0 saturated heterocycles. The summed E-state index contributed by atoms with van der Waals surface area (Å²) in [6.45, 7) is 0. The minimum atomic E-state index is 0.466. The van der Waals surface area contributed by atoms with E-state index in [-0.39, 0.29) is 0 Å². The lowest BCUT2D eigenvalue weighted by atomic mass is 9.90. The van der Waals surface area contributed by atoms with Gasteiger partial charge in [0.2, 0.25) is 0 Å². The summed E-state index contributed by atoms with van der Waals surface area (Å²) in [6, 6.07) is 45.6. The second-order valence-electron chi connectivity index (χ2n) is 10.3. The second kappa shape index (κ2) is 9.46. The van der Waals surface area contributed by atoms with E-state index >= 15 is 0 Å². The van der Waals surface area contributed by atoms with Gasteiger partial charge < -0.3 is 4.42 Å². The summed E-state index contributed by atoms with van der Waals surface area (Å²) in [5, 5.41) is 24.1. The number of para-hydroxylation sites is 2. The number of benzene rings is 6. The first-order chi connectivity index (χ1) is 20.7. The highest BCUT2D eigenvalue weighted by molar-refractivity contribution is 7.26. The molecule has 0 fully saturated rings. The Morgan fingerprint density at radius 2 is 1.19 bits per heavy atom. The molecule has 0 N–H and O–H groups in total. The predicted molar refractivity (Wildman–Crippen MR) is 172 cm³/mol. The van der Waals surface area contributed by atoms with Crippen molar-refractivity contribution in [2.75, 3.05) is 0 Å². The number of furan rings is 1. The van der Waals surface area contributed by atoms with Crippen molar-refractivity contribution in [3.8, 4) is 45.5 Å². The molecule has 6 aromatic carbocycles. The summed E-state index contributed by atoms with van der Waals surface area (Å²) in [5.41, 5.74) is 8.51. The minimum absolute atomic E-state index is 0.466. The summed E-state index contributed by atoms with van der Waals surface area (Å²) in [5.74, 6) is 0. The normalized spacial score (nSPS) is 11.3. The quantitative estimate of drug-likeness (QED) is 0.219. The van der Waals surface area contributed by atoms with Crippen molar-refractivity contribution in [2.45, 2.75) is 0 Å². The Hall–Kier alpha value is -5.68. The number of fused-ring (bicyclic) bond motifs is 6. The third-order valence-electron chi connectivity index (χ3n) is 7.94. The van der Waals surface area contributed by atoms with Gasteiger partial charge in [0, 0.05) is 36.5 Å². The highest BCUT2D eigenvalue weighted by Gasteiger charge is 2.17. The van der Waals surface area contributed by atoms with Crippen LogP contribution in [-0.2, 0) is 0 Å². The maximum absolute atomic E-state index is 10.0. The van der Waals surface area contributed by atoms with Crippen LogP contribution in [0.1, 0.15) is 11.1 Å². The van der Waals surface area contributed by atoms with Gasteiger partial charge in [-0.2, -0.15) is 10.5 Å². The lowest BCUT2D eigenvalue weighted by molar-refractivity contribution is 0.670. The van der Waals surface area contributed by atoms with E-state index in [4.69, 9.17) is 4.42 Å². The highest BCUT2D eigenvalue weighted by atomic mass is 32.1. The SMILES string of the molecule is N#Cc1ccc(-c2cc(-c3cccc4c3oc3ccccc34)cc(-c3cccc4c3sc3ccccc34)c2)c(C#N)c1. The van der Waals surface area contributed by atoms with E-state index in [9.17, 15) is 10.5 Å². The molecule has 194 valence electrons. The van der Waals surface area contributed by atoms with Crippen molar-refractivity contribution in [3.63, 3.8) is 0 Å². The van der Waals surface area contributed by atoms with Gasteiger partial charge in [0.05, 0.1) is 23.3 Å².